The lowest BCUT2D eigenvalue weighted by Gasteiger charge is -2.16. The summed E-state index contributed by atoms with van der Waals surface area (Å²) in [4.78, 5) is 2.28. The second kappa shape index (κ2) is 6.94. The van der Waals surface area contributed by atoms with Crippen molar-refractivity contribution >= 4 is 11.6 Å². The molecule has 1 aromatic heterocycles. The molecule has 0 unspecified atom stereocenters. The summed E-state index contributed by atoms with van der Waals surface area (Å²) >= 11 is 5.93. The number of nitrogens with zero attached hydrogens (tertiary/aromatic N) is 2. The van der Waals surface area contributed by atoms with Crippen LogP contribution in [0.15, 0.2) is 12.3 Å². The zero-order chi connectivity index (χ0) is 12.0. The lowest BCUT2D eigenvalue weighted by molar-refractivity contribution is 0.270. The Hall–Kier alpha value is -0.510. The van der Waals surface area contributed by atoms with Gasteiger partial charge in [-0.25, -0.2) is 0 Å². The molecule has 4 heteroatoms. The Morgan fingerprint density at radius 1 is 1.38 bits per heavy atom. The van der Waals surface area contributed by atoms with Crippen LogP contribution in [0.3, 0.4) is 0 Å². The van der Waals surface area contributed by atoms with E-state index in [0.717, 1.165) is 37.4 Å². The molecule has 0 bridgehead atoms. The molecule has 1 aromatic rings. The quantitative estimate of drug-likeness (QED) is 0.746. The molecule has 0 spiro atoms. The molecule has 1 rings (SSSR count). The zero-order valence-electron chi connectivity index (χ0n) is 10.1. The highest BCUT2D eigenvalue weighted by Crippen LogP contribution is 2.14. The molecule has 0 aromatic carbocycles. The van der Waals surface area contributed by atoms with Gasteiger partial charge in [0.1, 0.15) is 0 Å². The fourth-order valence-corrected chi connectivity index (χ4v) is 2.02. The molecule has 0 amide bonds. The summed E-state index contributed by atoms with van der Waals surface area (Å²) in [6.45, 7) is 2.28. The van der Waals surface area contributed by atoms with Gasteiger partial charge in [-0.2, -0.15) is 0 Å². The minimum Gasteiger partial charge on any atom is -0.396 e. The van der Waals surface area contributed by atoms with Gasteiger partial charge < -0.3 is 14.6 Å². The van der Waals surface area contributed by atoms with Gasteiger partial charge in [0.05, 0.1) is 5.02 Å². The predicted octanol–water partition coefficient (Wildman–Crippen LogP) is 2.27. The van der Waals surface area contributed by atoms with Crippen molar-refractivity contribution < 1.29 is 5.11 Å². The normalized spacial score (nSPS) is 11.3. The molecule has 0 radical (unpaired) electrons. The second-order valence-electron chi connectivity index (χ2n) is 4.28. The maximum Gasteiger partial charge on any atom is 0.0585 e. The molecule has 0 aliphatic rings. The molecule has 0 saturated carbocycles. The van der Waals surface area contributed by atoms with E-state index in [-0.39, 0.29) is 0 Å². The number of aryl methyl sites for hydroxylation is 1. The Morgan fingerprint density at radius 2 is 2.12 bits per heavy atom. The molecule has 0 saturated heterocycles. The molecule has 92 valence electrons. The van der Waals surface area contributed by atoms with Gasteiger partial charge in [-0.3, -0.25) is 0 Å². The first-order valence-electron chi connectivity index (χ1n) is 5.73. The number of aliphatic hydroxyl groups is 1. The van der Waals surface area contributed by atoms with Gasteiger partial charge in [0.25, 0.3) is 0 Å². The topological polar surface area (TPSA) is 28.4 Å². The molecule has 0 aliphatic heterocycles. The van der Waals surface area contributed by atoms with Gasteiger partial charge in [-0.1, -0.05) is 11.6 Å². The van der Waals surface area contributed by atoms with Gasteiger partial charge >= 0.3 is 0 Å². The summed E-state index contributed by atoms with van der Waals surface area (Å²) < 4.78 is 2.06. The largest absolute Gasteiger partial charge is 0.396 e. The fraction of sp³-hybridized carbons (Fsp3) is 0.667. The van der Waals surface area contributed by atoms with Crippen LogP contribution in [0.2, 0.25) is 5.02 Å². The van der Waals surface area contributed by atoms with E-state index in [0.29, 0.717) is 6.61 Å². The number of aromatic nitrogens is 1. The lowest BCUT2D eigenvalue weighted by Crippen LogP contribution is -2.20. The number of hydrogen-bond acceptors (Lipinski definition) is 2. The van der Waals surface area contributed by atoms with E-state index in [9.17, 15) is 0 Å². The van der Waals surface area contributed by atoms with Crippen molar-refractivity contribution in [3.8, 4) is 0 Å². The number of unbranched alkanes of at least 4 members (excludes halogenated alkanes) is 2. The third-order valence-electron chi connectivity index (χ3n) is 2.70. The van der Waals surface area contributed by atoms with Crippen LogP contribution >= 0.6 is 11.6 Å². The van der Waals surface area contributed by atoms with Crippen molar-refractivity contribution in [1.29, 1.82) is 0 Å². The molecule has 3 nitrogen and oxygen atoms in total. The molecule has 1 heterocycles. The van der Waals surface area contributed by atoms with Crippen molar-refractivity contribution in [1.82, 2.24) is 9.47 Å². The third kappa shape index (κ3) is 4.56. The molecule has 0 fully saturated rings. The van der Waals surface area contributed by atoms with Crippen molar-refractivity contribution in [2.45, 2.75) is 25.8 Å². The van der Waals surface area contributed by atoms with Gasteiger partial charge in [0.2, 0.25) is 0 Å². The van der Waals surface area contributed by atoms with Gasteiger partial charge in [0, 0.05) is 32.1 Å². The molecule has 16 heavy (non-hydrogen) atoms. The zero-order valence-corrected chi connectivity index (χ0v) is 10.9. The van der Waals surface area contributed by atoms with E-state index in [4.69, 9.17) is 16.7 Å². The Kier molecular flexibility index (Phi) is 5.88. The molecule has 0 atom stereocenters. The van der Waals surface area contributed by atoms with E-state index in [1.807, 2.05) is 19.3 Å². The van der Waals surface area contributed by atoms with E-state index in [1.165, 1.54) is 5.69 Å². The SMILES string of the molecule is CN(CCCCCO)Cc1cc(Cl)cn1C. The van der Waals surface area contributed by atoms with Crippen molar-refractivity contribution in [3.05, 3.63) is 23.0 Å². The van der Waals surface area contributed by atoms with Crippen LogP contribution in [0.25, 0.3) is 0 Å². The first-order chi connectivity index (χ1) is 7.63. The maximum atomic E-state index is 8.67. The van der Waals surface area contributed by atoms with E-state index < -0.39 is 0 Å². The summed E-state index contributed by atoms with van der Waals surface area (Å²) in [5, 5.41) is 9.47. The van der Waals surface area contributed by atoms with E-state index in [2.05, 4.69) is 16.5 Å². The van der Waals surface area contributed by atoms with Crippen LogP contribution in [-0.2, 0) is 13.6 Å². The summed E-state index contributed by atoms with van der Waals surface area (Å²) in [6.07, 6.45) is 5.06. The van der Waals surface area contributed by atoms with E-state index in [1.54, 1.807) is 0 Å². The average Bonchev–Trinajstić information content (AvgIpc) is 2.52. The van der Waals surface area contributed by atoms with Crippen LogP contribution in [-0.4, -0.2) is 34.8 Å². The first kappa shape index (κ1) is 13.6. The van der Waals surface area contributed by atoms with Gasteiger partial charge in [0.15, 0.2) is 0 Å². The Bertz CT molecular complexity index is 312. The minimum atomic E-state index is 0.303. The Labute approximate surface area is 103 Å². The second-order valence-corrected chi connectivity index (χ2v) is 4.72. The van der Waals surface area contributed by atoms with Crippen LogP contribution in [0.1, 0.15) is 25.0 Å². The molecular weight excluding hydrogens is 224 g/mol. The Morgan fingerprint density at radius 3 is 2.69 bits per heavy atom. The van der Waals surface area contributed by atoms with Crippen molar-refractivity contribution in [2.24, 2.45) is 7.05 Å². The average molecular weight is 245 g/mol. The molecule has 0 aliphatic carbocycles. The van der Waals surface area contributed by atoms with Crippen LogP contribution in [0.4, 0.5) is 0 Å². The third-order valence-corrected chi connectivity index (χ3v) is 2.91. The fourth-order valence-electron chi connectivity index (χ4n) is 1.75. The number of hydrogen-bond donors (Lipinski definition) is 1. The monoisotopic (exact) mass is 244 g/mol. The highest BCUT2D eigenvalue weighted by atomic mass is 35.5. The van der Waals surface area contributed by atoms with Crippen LogP contribution in [0.5, 0.6) is 0 Å². The summed E-state index contributed by atoms with van der Waals surface area (Å²) in [5.41, 5.74) is 1.23. The van der Waals surface area contributed by atoms with Gasteiger partial charge in [-0.05, 0) is 38.9 Å². The molecular formula is C12H21ClN2O. The van der Waals surface area contributed by atoms with Crippen LogP contribution in [0, 0.1) is 0 Å². The predicted molar refractivity (Wildman–Crippen MR) is 67.7 cm³/mol. The Balaban J connectivity index is 2.28. The summed E-state index contributed by atoms with van der Waals surface area (Å²) in [7, 11) is 4.13. The number of halogens is 1. The van der Waals surface area contributed by atoms with E-state index >= 15 is 0 Å². The first-order valence-corrected chi connectivity index (χ1v) is 6.11. The molecule has 1 N–H and O–H groups in total. The summed E-state index contributed by atoms with van der Waals surface area (Å²) in [6, 6.07) is 2.01. The standard InChI is InChI=1S/C12H21ClN2O/c1-14(6-4-3-5-7-16)10-12-8-11(13)9-15(12)2/h8-9,16H,3-7,10H2,1-2H3. The maximum absolute atomic E-state index is 8.67. The summed E-state index contributed by atoms with van der Waals surface area (Å²) in [5.74, 6) is 0. The highest BCUT2D eigenvalue weighted by molar-refractivity contribution is 6.30. The van der Waals surface area contributed by atoms with Crippen LogP contribution < -0.4 is 0 Å². The highest BCUT2D eigenvalue weighted by Gasteiger charge is 2.05. The number of aliphatic hydroxyl groups excluding tert-OH is 1. The lowest BCUT2D eigenvalue weighted by atomic mass is 10.2. The smallest absolute Gasteiger partial charge is 0.0585 e. The minimum absolute atomic E-state index is 0.303. The van der Waals surface area contributed by atoms with Gasteiger partial charge in [-0.15, -0.1) is 0 Å². The number of rotatable bonds is 7. The van der Waals surface area contributed by atoms with Crippen molar-refractivity contribution in [3.63, 3.8) is 0 Å². The van der Waals surface area contributed by atoms with Crippen molar-refractivity contribution in [2.75, 3.05) is 20.2 Å².